The molecule has 1 N–H and O–H groups in total. The van der Waals surface area contributed by atoms with Gasteiger partial charge < -0.3 is 14.8 Å². The Bertz CT molecular complexity index is 858. The van der Waals surface area contributed by atoms with Gasteiger partial charge in [-0.1, -0.05) is 23.5 Å². The van der Waals surface area contributed by atoms with Gasteiger partial charge in [0.05, 0.1) is 13.3 Å². The highest BCUT2D eigenvalue weighted by molar-refractivity contribution is 7.16. The minimum atomic E-state index is -0.0113. The van der Waals surface area contributed by atoms with Gasteiger partial charge in [-0.2, -0.15) is 0 Å². The lowest BCUT2D eigenvalue weighted by molar-refractivity contribution is -0.118. The lowest BCUT2D eigenvalue weighted by Gasteiger charge is -2.05. The van der Waals surface area contributed by atoms with Crippen LogP contribution in [0.5, 0.6) is 16.6 Å². The molecule has 0 aliphatic rings. The highest BCUT2D eigenvalue weighted by Gasteiger charge is 2.07. The predicted molar refractivity (Wildman–Crippen MR) is 103 cm³/mol. The molecule has 0 bridgehead atoms. The van der Waals surface area contributed by atoms with E-state index in [4.69, 9.17) is 9.47 Å². The number of carbonyl (C=O) groups excluding carboxylic acids is 1. The van der Waals surface area contributed by atoms with Crippen molar-refractivity contribution in [1.82, 2.24) is 10.3 Å². The number of hydrogen-bond acceptors (Lipinski definition) is 5. The average Bonchev–Trinajstić information content (AvgIpc) is 3.11. The molecular formula is C20H20N2O3S. The van der Waals surface area contributed by atoms with Gasteiger partial charge >= 0.3 is 0 Å². The van der Waals surface area contributed by atoms with Crippen LogP contribution in [0, 0.1) is 0 Å². The van der Waals surface area contributed by atoms with Gasteiger partial charge in [0.2, 0.25) is 11.0 Å². The lowest BCUT2D eigenvalue weighted by atomic mass is 10.1. The summed E-state index contributed by atoms with van der Waals surface area (Å²) in [4.78, 5) is 15.3. The Morgan fingerprint density at radius 3 is 2.42 bits per heavy atom. The standard InChI is InChI=1S/C20H20N2O3S/c1-14(23)21-12-11-15-3-7-18(8-4-15)25-19-13-22-20(26-19)16-5-9-17(24-2)10-6-16/h3-10,13H,11-12H2,1-2H3,(H,21,23). The largest absolute Gasteiger partial charge is 0.497 e. The molecule has 6 heteroatoms. The molecular weight excluding hydrogens is 348 g/mol. The Kier molecular flexibility index (Phi) is 5.86. The molecule has 0 saturated carbocycles. The maximum Gasteiger partial charge on any atom is 0.216 e. The van der Waals surface area contributed by atoms with Gasteiger partial charge in [0.15, 0.2) is 0 Å². The fourth-order valence-electron chi connectivity index (χ4n) is 2.40. The summed E-state index contributed by atoms with van der Waals surface area (Å²) in [6, 6.07) is 15.6. The fraction of sp³-hybridized carbons (Fsp3) is 0.200. The highest BCUT2D eigenvalue weighted by atomic mass is 32.1. The predicted octanol–water partition coefficient (Wildman–Crippen LogP) is 4.29. The number of carbonyl (C=O) groups is 1. The quantitative estimate of drug-likeness (QED) is 0.676. The number of nitrogens with one attached hydrogen (secondary N) is 1. The van der Waals surface area contributed by atoms with E-state index in [1.807, 2.05) is 48.5 Å². The van der Waals surface area contributed by atoms with Gasteiger partial charge in [0.1, 0.15) is 16.5 Å². The second kappa shape index (κ2) is 8.49. The van der Waals surface area contributed by atoms with Crippen LogP contribution in [0.25, 0.3) is 10.6 Å². The van der Waals surface area contributed by atoms with Crippen LogP contribution < -0.4 is 14.8 Å². The minimum Gasteiger partial charge on any atom is -0.497 e. The summed E-state index contributed by atoms with van der Waals surface area (Å²) in [5.41, 5.74) is 2.17. The van der Waals surface area contributed by atoms with E-state index in [1.165, 1.54) is 18.3 Å². The summed E-state index contributed by atoms with van der Waals surface area (Å²) in [5, 5.41) is 4.42. The number of benzene rings is 2. The van der Waals surface area contributed by atoms with Crippen molar-refractivity contribution < 1.29 is 14.3 Å². The second-order valence-corrected chi connectivity index (χ2v) is 6.69. The smallest absolute Gasteiger partial charge is 0.216 e. The van der Waals surface area contributed by atoms with Crippen molar-refractivity contribution in [2.45, 2.75) is 13.3 Å². The Morgan fingerprint density at radius 1 is 1.08 bits per heavy atom. The number of hydrogen-bond donors (Lipinski definition) is 1. The van der Waals surface area contributed by atoms with Crippen LogP contribution in [0.4, 0.5) is 0 Å². The zero-order valence-electron chi connectivity index (χ0n) is 14.7. The second-order valence-electron chi connectivity index (χ2n) is 5.69. The molecule has 1 amide bonds. The molecule has 3 aromatic rings. The summed E-state index contributed by atoms with van der Waals surface area (Å²) in [6.07, 6.45) is 2.52. The van der Waals surface area contributed by atoms with Gasteiger partial charge in [-0.3, -0.25) is 4.79 Å². The van der Waals surface area contributed by atoms with Crippen LogP contribution in [0.1, 0.15) is 12.5 Å². The average molecular weight is 368 g/mol. The first-order chi connectivity index (χ1) is 12.6. The van der Waals surface area contributed by atoms with Gasteiger partial charge in [-0.25, -0.2) is 4.98 Å². The normalized spacial score (nSPS) is 10.4. The summed E-state index contributed by atoms with van der Waals surface area (Å²) in [6.45, 7) is 2.15. The van der Waals surface area contributed by atoms with Crippen LogP contribution in [-0.2, 0) is 11.2 Å². The first kappa shape index (κ1) is 17.9. The molecule has 0 radical (unpaired) electrons. The Hall–Kier alpha value is -2.86. The fourth-order valence-corrected chi connectivity index (χ4v) is 3.19. The summed E-state index contributed by atoms with van der Waals surface area (Å²) >= 11 is 1.49. The van der Waals surface area contributed by atoms with E-state index < -0.39 is 0 Å². The van der Waals surface area contributed by atoms with Crippen molar-refractivity contribution in [3.63, 3.8) is 0 Å². The molecule has 0 fully saturated rings. The monoisotopic (exact) mass is 368 g/mol. The zero-order chi connectivity index (χ0) is 18.4. The Morgan fingerprint density at radius 2 is 1.77 bits per heavy atom. The molecule has 1 heterocycles. The molecule has 0 unspecified atom stereocenters. The lowest BCUT2D eigenvalue weighted by Crippen LogP contribution is -2.22. The first-order valence-corrected chi connectivity index (χ1v) is 9.07. The molecule has 0 spiro atoms. The number of amides is 1. The van der Waals surface area contributed by atoms with Gasteiger partial charge in [-0.05, 0) is 48.4 Å². The molecule has 3 rings (SSSR count). The molecule has 26 heavy (non-hydrogen) atoms. The third-order valence-corrected chi connectivity index (χ3v) is 4.68. The summed E-state index contributed by atoms with van der Waals surface area (Å²) in [7, 11) is 1.65. The maximum atomic E-state index is 10.9. The third kappa shape index (κ3) is 4.83. The van der Waals surface area contributed by atoms with Crippen molar-refractivity contribution in [3.05, 3.63) is 60.3 Å². The molecule has 1 aromatic heterocycles. The van der Waals surface area contributed by atoms with E-state index in [0.717, 1.165) is 39.1 Å². The van der Waals surface area contributed by atoms with E-state index in [9.17, 15) is 4.79 Å². The van der Waals surface area contributed by atoms with Crippen molar-refractivity contribution in [3.8, 4) is 27.1 Å². The summed E-state index contributed by atoms with van der Waals surface area (Å²) < 4.78 is 11.1. The van der Waals surface area contributed by atoms with Crippen LogP contribution >= 0.6 is 11.3 Å². The third-order valence-electron chi connectivity index (χ3n) is 3.75. The van der Waals surface area contributed by atoms with E-state index >= 15 is 0 Å². The number of nitrogens with zero attached hydrogens (tertiary/aromatic N) is 1. The number of thiazole rings is 1. The topological polar surface area (TPSA) is 60.5 Å². The number of aromatic nitrogens is 1. The minimum absolute atomic E-state index is 0.0113. The van der Waals surface area contributed by atoms with Crippen LogP contribution in [0.2, 0.25) is 0 Å². The molecule has 0 atom stereocenters. The van der Waals surface area contributed by atoms with Crippen molar-refractivity contribution in [2.75, 3.05) is 13.7 Å². The molecule has 0 aliphatic heterocycles. The van der Waals surface area contributed by atoms with Gasteiger partial charge in [0, 0.05) is 19.0 Å². The van der Waals surface area contributed by atoms with Crippen LogP contribution in [0.3, 0.4) is 0 Å². The van der Waals surface area contributed by atoms with Crippen molar-refractivity contribution in [2.24, 2.45) is 0 Å². The molecule has 2 aromatic carbocycles. The van der Waals surface area contributed by atoms with Gasteiger partial charge in [-0.15, -0.1) is 0 Å². The zero-order valence-corrected chi connectivity index (χ0v) is 15.5. The Labute approximate surface area is 156 Å². The highest BCUT2D eigenvalue weighted by Crippen LogP contribution is 2.33. The molecule has 5 nitrogen and oxygen atoms in total. The molecule has 0 aliphatic carbocycles. The maximum absolute atomic E-state index is 10.9. The molecule has 134 valence electrons. The van der Waals surface area contributed by atoms with Crippen molar-refractivity contribution >= 4 is 17.2 Å². The molecule has 0 saturated heterocycles. The van der Waals surface area contributed by atoms with E-state index in [2.05, 4.69) is 10.3 Å². The Balaban J connectivity index is 1.60. The summed E-state index contributed by atoms with van der Waals surface area (Å²) in [5.74, 6) is 1.57. The van der Waals surface area contributed by atoms with E-state index in [1.54, 1.807) is 13.3 Å². The van der Waals surface area contributed by atoms with E-state index in [-0.39, 0.29) is 5.91 Å². The van der Waals surface area contributed by atoms with Crippen molar-refractivity contribution in [1.29, 1.82) is 0 Å². The number of ether oxygens (including phenoxy) is 2. The SMILES string of the molecule is COc1ccc(-c2ncc(Oc3ccc(CCNC(C)=O)cc3)s2)cc1. The number of rotatable bonds is 7. The van der Waals surface area contributed by atoms with Gasteiger partial charge in [0.25, 0.3) is 0 Å². The first-order valence-electron chi connectivity index (χ1n) is 8.25. The van der Waals surface area contributed by atoms with E-state index in [0.29, 0.717) is 6.54 Å². The van der Waals surface area contributed by atoms with Crippen LogP contribution in [0.15, 0.2) is 54.7 Å². The number of methoxy groups -OCH3 is 1. The van der Waals surface area contributed by atoms with Crippen LogP contribution in [-0.4, -0.2) is 24.5 Å².